The number of hydrogen-bond acceptors (Lipinski definition) is 2. The van der Waals surface area contributed by atoms with Gasteiger partial charge in [-0.15, -0.1) is 0 Å². The molecule has 3 rings (SSSR count). The fourth-order valence-electron chi connectivity index (χ4n) is 2.21. The number of nitrogens with one attached hydrogen (secondary N) is 2. The first-order valence-corrected chi connectivity index (χ1v) is 7.78. The Morgan fingerprint density at radius 3 is 2.04 bits per heavy atom. The van der Waals surface area contributed by atoms with Gasteiger partial charge in [-0.3, -0.25) is 4.79 Å². The van der Waals surface area contributed by atoms with Crippen LogP contribution in [0.3, 0.4) is 0 Å². The van der Waals surface area contributed by atoms with E-state index in [1.807, 2.05) is 0 Å². The minimum absolute atomic E-state index is 0.323. The van der Waals surface area contributed by atoms with Crippen LogP contribution in [0.5, 0.6) is 0 Å². The summed E-state index contributed by atoms with van der Waals surface area (Å²) in [7, 11) is 0. The van der Waals surface area contributed by atoms with E-state index in [1.165, 1.54) is 36.4 Å². The molecular weight excluding hydrogens is 346 g/mol. The van der Waals surface area contributed by atoms with Crippen LogP contribution in [0.15, 0.2) is 66.7 Å². The second kappa shape index (κ2) is 7.32. The van der Waals surface area contributed by atoms with Gasteiger partial charge < -0.3 is 10.6 Å². The van der Waals surface area contributed by atoms with Crippen molar-refractivity contribution < 1.29 is 13.6 Å². The van der Waals surface area contributed by atoms with Crippen LogP contribution in [0, 0.1) is 11.6 Å². The van der Waals surface area contributed by atoms with Gasteiger partial charge in [0.2, 0.25) is 0 Å². The summed E-state index contributed by atoms with van der Waals surface area (Å²) in [6.07, 6.45) is 0. The molecular formula is C19H13ClF2N2O. The van der Waals surface area contributed by atoms with E-state index in [0.29, 0.717) is 27.6 Å². The van der Waals surface area contributed by atoms with Crippen LogP contribution < -0.4 is 10.6 Å². The summed E-state index contributed by atoms with van der Waals surface area (Å²) < 4.78 is 26.0. The molecule has 0 heterocycles. The standard InChI is InChI=1S/C19H13ClF2N2O/c20-13-3-10-17(24-19(25)12-1-4-14(21)5-2-12)18(11-13)23-16-8-6-15(22)7-9-16/h1-11,23H,(H,24,25). The second-order valence-corrected chi connectivity index (χ2v) is 5.72. The highest BCUT2D eigenvalue weighted by Crippen LogP contribution is 2.29. The first kappa shape index (κ1) is 16.9. The lowest BCUT2D eigenvalue weighted by atomic mass is 10.2. The fourth-order valence-corrected chi connectivity index (χ4v) is 2.39. The lowest BCUT2D eigenvalue weighted by molar-refractivity contribution is 0.102. The average Bonchev–Trinajstić information content (AvgIpc) is 2.60. The summed E-state index contributed by atoms with van der Waals surface area (Å²) in [6.45, 7) is 0. The largest absolute Gasteiger partial charge is 0.354 e. The molecule has 0 spiro atoms. The molecule has 6 heteroatoms. The Bertz CT molecular complexity index is 896. The van der Waals surface area contributed by atoms with E-state index in [4.69, 9.17) is 11.6 Å². The molecule has 0 atom stereocenters. The van der Waals surface area contributed by atoms with Crippen molar-refractivity contribution in [3.63, 3.8) is 0 Å². The number of anilines is 3. The van der Waals surface area contributed by atoms with Gasteiger partial charge in [-0.1, -0.05) is 11.6 Å². The van der Waals surface area contributed by atoms with Crippen molar-refractivity contribution in [1.29, 1.82) is 0 Å². The van der Waals surface area contributed by atoms with Gasteiger partial charge in [0, 0.05) is 16.3 Å². The maximum Gasteiger partial charge on any atom is 0.255 e. The van der Waals surface area contributed by atoms with Crippen molar-refractivity contribution in [2.75, 3.05) is 10.6 Å². The summed E-state index contributed by atoms with van der Waals surface area (Å²) in [5.41, 5.74) is 2.00. The van der Waals surface area contributed by atoms with E-state index in [9.17, 15) is 13.6 Å². The van der Waals surface area contributed by atoms with Gasteiger partial charge in [0.25, 0.3) is 5.91 Å². The number of hydrogen-bond donors (Lipinski definition) is 2. The Labute approximate surface area is 148 Å². The Morgan fingerprint density at radius 1 is 0.800 bits per heavy atom. The van der Waals surface area contributed by atoms with Gasteiger partial charge in [0.1, 0.15) is 11.6 Å². The van der Waals surface area contributed by atoms with Gasteiger partial charge in [-0.25, -0.2) is 8.78 Å². The Morgan fingerprint density at radius 2 is 1.40 bits per heavy atom. The highest BCUT2D eigenvalue weighted by atomic mass is 35.5. The van der Waals surface area contributed by atoms with E-state index >= 15 is 0 Å². The molecule has 3 nitrogen and oxygen atoms in total. The van der Waals surface area contributed by atoms with Crippen LogP contribution in [0.25, 0.3) is 0 Å². The lowest BCUT2D eigenvalue weighted by Crippen LogP contribution is -2.13. The summed E-state index contributed by atoms with van der Waals surface area (Å²) in [5.74, 6) is -1.15. The van der Waals surface area contributed by atoms with Crippen LogP contribution in [0.4, 0.5) is 25.8 Å². The number of benzene rings is 3. The third-order valence-corrected chi connectivity index (χ3v) is 3.69. The van der Waals surface area contributed by atoms with E-state index in [0.717, 1.165) is 0 Å². The lowest BCUT2D eigenvalue weighted by Gasteiger charge is -2.14. The van der Waals surface area contributed by atoms with Gasteiger partial charge >= 0.3 is 0 Å². The molecule has 0 radical (unpaired) electrons. The molecule has 1 amide bonds. The zero-order chi connectivity index (χ0) is 17.8. The molecule has 0 aliphatic carbocycles. The number of rotatable bonds is 4. The maximum absolute atomic E-state index is 13.0. The van der Waals surface area contributed by atoms with Crippen LogP contribution in [-0.4, -0.2) is 5.91 Å². The first-order valence-electron chi connectivity index (χ1n) is 7.40. The molecule has 0 aromatic heterocycles. The zero-order valence-electron chi connectivity index (χ0n) is 12.9. The highest BCUT2D eigenvalue weighted by molar-refractivity contribution is 6.31. The monoisotopic (exact) mass is 358 g/mol. The van der Waals surface area contributed by atoms with Crippen LogP contribution in [0.2, 0.25) is 5.02 Å². The third-order valence-electron chi connectivity index (χ3n) is 3.46. The molecule has 3 aromatic rings. The maximum atomic E-state index is 13.0. The van der Waals surface area contributed by atoms with Crippen molar-refractivity contribution in [3.8, 4) is 0 Å². The Hall–Kier alpha value is -2.92. The summed E-state index contributed by atoms with van der Waals surface area (Å²) in [5, 5.41) is 6.31. The summed E-state index contributed by atoms with van der Waals surface area (Å²) in [6, 6.07) is 15.9. The number of carbonyl (C=O) groups is 1. The molecule has 0 aliphatic heterocycles. The molecule has 2 N–H and O–H groups in total. The smallest absolute Gasteiger partial charge is 0.255 e. The van der Waals surface area contributed by atoms with Crippen LogP contribution in [-0.2, 0) is 0 Å². The molecule has 0 bridgehead atoms. The molecule has 25 heavy (non-hydrogen) atoms. The van der Waals surface area contributed by atoms with Crippen molar-refractivity contribution >= 4 is 34.6 Å². The van der Waals surface area contributed by atoms with Gasteiger partial charge in [0.05, 0.1) is 11.4 Å². The minimum Gasteiger partial charge on any atom is -0.354 e. The summed E-state index contributed by atoms with van der Waals surface area (Å²) >= 11 is 6.02. The molecule has 0 saturated carbocycles. The number of amides is 1. The van der Waals surface area contributed by atoms with E-state index in [1.54, 1.807) is 30.3 Å². The Kier molecular flexibility index (Phi) is 4.95. The quantitative estimate of drug-likeness (QED) is 0.636. The molecule has 3 aromatic carbocycles. The van der Waals surface area contributed by atoms with E-state index in [2.05, 4.69) is 10.6 Å². The van der Waals surface area contributed by atoms with E-state index < -0.39 is 5.82 Å². The van der Waals surface area contributed by atoms with E-state index in [-0.39, 0.29) is 11.7 Å². The Balaban J connectivity index is 1.84. The zero-order valence-corrected chi connectivity index (χ0v) is 13.6. The first-order chi connectivity index (χ1) is 12.0. The third kappa shape index (κ3) is 4.33. The predicted molar refractivity (Wildman–Crippen MR) is 95.5 cm³/mol. The molecule has 0 saturated heterocycles. The molecule has 126 valence electrons. The molecule has 0 fully saturated rings. The van der Waals surface area contributed by atoms with Crippen LogP contribution in [0.1, 0.15) is 10.4 Å². The fraction of sp³-hybridized carbons (Fsp3) is 0. The topological polar surface area (TPSA) is 41.1 Å². The normalized spacial score (nSPS) is 10.4. The van der Waals surface area contributed by atoms with Gasteiger partial charge in [-0.2, -0.15) is 0 Å². The van der Waals surface area contributed by atoms with Crippen molar-refractivity contribution in [2.45, 2.75) is 0 Å². The summed E-state index contributed by atoms with van der Waals surface area (Å²) in [4.78, 5) is 12.3. The molecule has 0 unspecified atom stereocenters. The number of carbonyl (C=O) groups excluding carboxylic acids is 1. The minimum atomic E-state index is -0.415. The predicted octanol–water partition coefficient (Wildman–Crippen LogP) is 5.61. The van der Waals surface area contributed by atoms with Gasteiger partial charge in [-0.05, 0) is 66.7 Å². The molecule has 0 aliphatic rings. The second-order valence-electron chi connectivity index (χ2n) is 5.28. The average molecular weight is 359 g/mol. The van der Waals surface area contributed by atoms with Crippen LogP contribution >= 0.6 is 11.6 Å². The van der Waals surface area contributed by atoms with Crippen molar-refractivity contribution in [1.82, 2.24) is 0 Å². The van der Waals surface area contributed by atoms with Gasteiger partial charge in [0.15, 0.2) is 0 Å². The number of halogens is 3. The van der Waals surface area contributed by atoms with Crippen molar-refractivity contribution in [2.24, 2.45) is 0 Å². The van der Waals surface area contributed by atoms with Crippen molar-refractivity contribution in [3.05, 3.63) is 89.0 Å². The highest BCUT2D eigenvalue weighted by Gasteiger charge is 2.10. The SMILES string of the molecule is O=C(Nc1ccc(Cl)cc1Nc1ccc(F)cc1)c1ccc(F)cc1.